The van der Waals surface area contributed by atoms with E-state index in [1.807, 2.05) is 0 Å². The maximum atomic E-state index is 3.83. The summed E-state index contributed by atoms with van der Waals surface area (Å²) in [6.07, 6.45) is 8.52. The molecule has 2 unspecified atom stereocenters. The summed E-state index contributed by atoms with van der Waals surface area (Å²) in [7, 11) is 0. The molecule has 1 saturated heterocycles. The summed E-state index contributed by atoms with van der Waals surface area (Å²) in [5.74, 6) is 1.95. The fraction of sp³-hybridized carbons (Fsp3) is 1.00. The zero-order valence-electron chi connectivity index (χ0n) is 11.8. The van der Waals surface area contributed by atoms with E-state index in [4.69, 9.17) is 0 Å². The Hall–Kier alpha value is -0.0800. The molecule has 2 atom stereocenters. The van der Waals surface area contributed by atoms with Gasteiger partial charge in [-0.05, 0) is 70.1 Å². The van der Waals surface area contributed by atoms with Gasteiger partial charge in [-0.2, -0.15) is 0 Å². The molecule has 0 bridgehead atoms. The Balaban J connectivity index is 1.60. The maximum Gasteiger partial charge on any atom is 0.00699 e. The largest absolute Gasteiger partial charge is 0.314 e. The standard InChI is InChI=1S/C15H30N2/c1-3-13-5-6-15(11-13)16-12-14-7-9-17(4-2)10-8-14/h13-16H,3-12H2,1-2H3. The van der Waals surface area contributed by atoms with Crippen LogP contribution < -0.4 is 5.32 Å². The fourth-order valence-electron chi connectivity index (χ4n) is 3.47. The lowest BCUT2D eigenvalue weighted by Gasteiger charge is -2.31. The molecule has 1 aliphatic carbocycles. The molecular weight excluding hydrogens is 208 g/mol. The van der Waals surface area contributed by atoms with Crippen LogP contribution in [-0.4, -0.2) is 37.1 Å². The minimum absolute atomic E-state index is 0.837. The second kappa shape index (κ2) is 6.75. The average molecular weight is 238 g/mol. The van der Waals surface area contributed by atoms with Crippen LogP contribution >= 0.6 is 0 Å². The Morgan fingerprint density at radius 3 is 2.35 bits per heavy atom. The Labute approximate surface area is 107 Å². The second-order valence-electron chi connectivity index (χ2n) is 6.07. The van der Waals surface area contributed by atoms with E-state index >= 15 is 0 Å². The molecule has 0 aromatic heterocycles. The van der Waals surface area contributed by atoms with Crippen LogP contribution in [0.15, 0.2) is 0 Å². The zero-order chi connectivity index (χ0) is 12.1. The van der Waals surface area contributed by atoms with Crippen molar-refractivity contribution in [3.8, 4) is 0 Å². The summed E-state index contributed by atoms with van der Waals surface area (Å²) in [5.41, 5.74) is 0. The molecule has 1 N–H and O–H groups in total. The number of piperidine rings is 1. The van der Waals surface area contributed by atoms with E-state index in [1.165, 1.54) is 64.7 Å². The quantitative estimate of drug-likeness (QED) is 0.792. The highest BCUT2D eigenvalue weighted by Gasteiger charge is 2.24. The van der Waals surface area contributed by atoms with Crippen LogP contribution in [0.2, 0.25) is 0 Å². The van der Waals surface area contributed by atoms with Crippen molar-refractivity contribution in [2.75, 3.05) is 26.2 Å². The Kier molecular flexibility index (Phi) is 5.30. The van der Waals surface area contributed by atoms with Crippen molar-refractivity contribution < 1.29 is 0 Å². The van der Waals surface area contributed by atoms with Gasteiger partial charge in [0.25, 0.3) is 0 Å². The molecule has 1 saturated carbocycles. The highest BCUT2D eigenvalue weighted by atomic mass is 15.1. The van der Waals surface area contributed by atoms with Crippen molar-refractivity contribution in [1.82, 2.24) is 10.2 Å². The molecule has 2 fully saturated rings. The van der Waals surface area contributed by atoms with Gasteiger partial charge < -0.3 is 10.2 Å². The first kappa shape index (κ1) is 13.4. The second-order valence-corrected chi connectivity index (χ2v) is 6.07. The lowest BCUT2D eigenvalue weighted by atomic mass is 9.96. The molecule has 0 amide bonds. The summed E-state index contributed by atoms with van der Waals surface area (Å²) < 4.78 is 0. The number of hydrogen-bond acceptors (Lipinski definition) is 2. The van der Waals surface area contributed by atoms with E-state index in [9.17, 15) is 0 Å². The van der Waals surface area contributed by atoms with Crippen LogP contribution in [-0.2, 0) is 0 Å². The van der Waals surface area contributed by atoms with Crippen molar-refractivity contribution >= 4 is 0 Å². The van der Waals surface area contributed by atoms with Gasteiger partial charge in [-0.1, -0.05) is 20.3 Å². The van der Waals surface area contributed by atoms with Gasteiger partial charge in [-0.25, -0.2) is 0 Å². The number of nitrogens with one attached hydrogen (secondary N) is 1. The van der Waals surface area contributed by atoms with Gasteiger partial charge in [0.15, 0.2) is 0 Å². The smallest absolute Gasteiger partial charge is 0.00699 e. The lowest BCUT2D eigenvalue weighted by molar-refractivity contribution is 0.187. The topological polar surface area (TPSA) is 15.3 Å². The summed E-state index contributed by atoms with van der Waals surface area (Å²) in [4.78, 5) is 2.58. The predicted octanol–water partition coefficient (Wildman–Crippen LogP) is 2.89. The highest BCUT2D eigenvalue weighted by Crippen LogP contribution is 2.28. The molecule has 2 heteroatoms. The molecule has 0 radical (unpaired) electrons. The SMILES string of the molecule is CCC1CCC(NCC2CCN(CC)CC2)C1. The van der Waals surface area contributed by atoms with E-state index in [0.717, 1.165) is 17.9 Å². The number of nitrogens with zero attached hydrogens (tertiary/aromatic N) is 1. The Morgan fingerprint density at radius 1 is 1.00 bits per heavy atom. The first-order valence-corrected chi connectivity index (χ1v) is 7.77. The predicted molar refractivity (Wildman–Crippen MR) is 74.3 cm³/mol. The van der Waals surface area contributed by atoms with Gasteiger partial charge in [0.05, 0.1) is 0 Å². The number of rotatable bonds is 5. The van der Waals surface area contributed by atoms with Gasteiger partial charge >= 0.3 is 0 Å². The van der Waals surface area contributed by atoms with Crippen molar-refractivity contribution in [3.63, 3.8) is 0 Å². The third-order valence-electron chi connectivity index (χ3n) is 4.97. The van der Waals surface area contributed by atoms with Crippen LogP contribution in [0.4, 0.5) is 0 Å². The normalized spacial score (nSPS) is 32.1. The van der Waals surface area contributed by atoms with E-state index < -0.39 is 0 Å². The van der Waals surface area contributed by atoms with E-state index in [2.05, 4.69) is 24.1 Å². The van der Waals surface area contributed by atoms with Gasteiger partial charge in [0, 0.05) is 6.04 Å². The Bertz CT molecular complexity index is 209. The molecular formula is C15H30N2. The molecule has 1 aliphatic heterocycles. The van der Waals surface area contributed by atoms with Crippen LogP contribution in [0.5, 0.6) is 0 Å². The van der Waals surface area contributed by atoms with Gasteiger partial charge in [-0.3, -0.25) is 0 Å². The van der Waals surface area contributed by atoms with Crippen molar-refractivity contribution in [2.24, 2.45) is 11.8 Å². The van der Waals surface area contributed by atoms with E-state index in [1.54, 1.807) is 0 Å². The summed E-state index contributed by atoms with van der Waals surface area (Å²) in [6, 6.07) is 0.837. The van der Waals surface area contributed by atoms with Crippen molar-refractivity contribution in [3.05, 3.63) is 0 Å². The third kappa shape index (κ3) is 3.96. The molecule has 0 aromatic carbocycles. The number of hydrogen-bond donors (Lipinski definition) is 1. The zero-order valence-corrected chi connectivity index (χ0v) is 11.8. The number of likely N-dealkylation sites (tertiary alicyclic amines) is 1. The van der Waals surface area contributed by atoms with Crippen LogP contribution in [0, 0.1) is 11.8 Å². The van der Waals surface area contributed by atoms with Gasteiger partial charge in [0.2, 0.25) is 0 Å². The fourth-order valence-corrected chi connectivity index (χ4v) is 3.47. The molecule has 2 aliphatic rings. The first-order valence-electron chi connectivity index (χ1n) is 7.77. The molecule has 0 spiro atoms. The molecule has 1 heterocycles. The minimum Gasteiger partial charge on any atom is -0.314 e. The highest BCUT2D eigenvalue weighted by molar-refractivity contribution is 4.82. The average Bonchev–Trinajstić information content (AvgIpc) is 2.85. The van der Waals surface area contributed by atoms with Crippen LogP contribution in [0.1, 0.15) is 52.4 Å². The third-order valence-corrected chi connectivity index (χ3v) is 4.97. The first-order chi connectivity index (χ1) is 8.31. The van der Waals surface area contributed by atoms with Crippen LogP contribution in [0.25, 0.3) is 0 Å². The van der Waals surface area contributed by atoms with E-state index in [0.29, 0.717) is 0 Å². The van der Waals surface area contributed by atoms with Gasteiger partial charge in [0.1, 0.15) is 0 Å². The summed E-state index contributed by atoms with van der Waals surface area (Å²) >= 11 is 0. The maximum absolute atomic E-state index is 3.83. The monoisotopic (exact) mass is 238 g/mol. The van der Waals surface area contributed by atoms with E-state index in [-0.39, 0.29) is 0 Å². The van der Waals surface area contributed by atoms with Crippen molar-refractivity contribution in [1.29, 1.82) is 0 Å². The Morgan fingerprint density at radius 2 is 1.76 bits per heavy atom. The lowest BCUT2D eigenvalue weighted by Crippen LogP contribution is -2.39. The van der Waals surface area contributed by atoms with Crippen LogP contribution in [0.3, 0.4) is 0 Å². The molecule has 2 nitrogen and oxygen atoms in total. The minimum atomic E-state index is 0.837. The molecule has 17 heavy (non-hydrogen) atoms. The van der Waals surface area contributed by atoms with Gasteiger partial charge in [-0.15, -0.1) is 0 Å². The molecule has 2 rings (SSSR count). The molecule has 100 valence electrons. The summed E-state index contributed by atoms with van der Waals surface area (Å²) in [6.45, 7) is 9.78. The molecule has 0 aromatic rings. The summed E-state index contributed by atoms with van der Waals surface area (Å²) in [5, 5.41) is 3.83. The van der Waals surface area contributed by atoms with Crippen molar-refractivity contribution in [2.45, 2.75) is 58.4 Å².